The number of nitrogens with one attached hydrogen (secondary N) is 1. The molecule has 2 aromatic rings. The molecule has 2 saturated heterocycles. The molecule has 0 aliphatic carbocycles. The summed E-state index contributed by atoms with van der Waals surface area (Å²) in [5.41, 5.74) is 1.65. The Labute approximate surface area is 186 Å². The van der Waals surface area contributed by atoms with Crippen molar-refractivity contribution in [3.05, 3.63) is 53.1 Å². The van der Waals surface area contributed by atoms with E-state index >= 15 is 0 Å². The van der Waals surface area contributed by atoms with Crippen molar-refractivity contribution >= 4 is 29.0 Å². The van der Waals surface area contributed by atoms with Crippen molar-refractivity contribution in [3.8, 4) is 11.5 Å². The summed E-state index contributed by atoms with van der Waals surface area (Å²) in [6.45, 7) is 4.85. The first-order valence-electron chi connectivity index (χ1n) is 10.7. The predicted molar refractivity (Wildman–Crippen MR) is 120 cm³/mol. The number of piperazine rings is 1. The molecular formula is C23H25ClN4O3. The van der Waals surface area contributed by atoms with E-state index in [1.165, 1.54) is 0 Å². The first-order valence-corrected chi connectivity index (χ1v) is 11.0. The standard InChI is InChI=1S/C23H25ClN4O3/c24-16-5-6-21-19(13-16)26-23(18-3-1-2-4-20(18)31-21)28-8-7-25-17(15-28)14-22(29)27-9-11-30-12-10-27/h1-6,13,17,25H,7-12,14-15H2. The molecule has 162 valence electrons. The number of nitrogens with zero attached hydrogens (tertiary/aromatic N) is 3. The maximum Gasteiger partial charge on any atom is 0.224 e. The van der Waals surface area contributed by atoms with Gasteiger partial charge in [-0.05, 0) is 30.3 Å². The summed E-state index contributed by atoms with van der Waals surface area (Å²) < 4.78 is 11.5. The molecule has 3 aliphatic heterocycles. The third-order valence-corrected chi connectivity index (χ3v) is 6.07. The molecule has 2 aromatic carbocycles. The zero-order valence-electron chi connectivity index (χ0n) is 17.2. The number of halogens is 1. The lowest BCUT2D eigenvalue weighted by Gasteiger charge is -2.36. The van der Waals surface area contributed by atoms with Gasteiger partial charge in [0, 0.05) is 50.2 Å². The van der Waals surface area contributed by atoms with Gasteiger partial charge in [-0.3, -0.25) is 4.79 Å². The number of carbonyl (C=O) groups is 1. The predicted octanol–water partition coefficient (Wildman–Crippen LogP) is 3.05. The highest BCUT2D eigenvalue weighted by molar-refractivity contribution is 6.31. The van der Waals surface area contributed by atoms with E-state index in [2.05, 4.69) is 10.2 Å². The average Bonchev–Trinajstić information content (AvgIpc) is 2.96. The normalized spacial score (nSPS) is 20.8. The van der Waals surface area contributed by atoms with Gasteiger partial charge in [0.25, 0.3) is 0 Å². The molecule has 0 radical (unpaired) electrons. The Morgan fingerprint density at radius 2 is 1.97 bits per heavy atom. The first-order chi connectivity index (χ1) is 15.2. The van der Waals surface area contributed by atoms with Crippen LogP contribution in [0.3, 0.4) is 0 Å². The van der Waals surface area contributed by atoms with E-state index in [1.807, 2.05) is 47.4 Å². The number of para-hydroxylation sites is 1. The Balaban J connectivity index is 1.40. The third-order valence-electron chi connectivity index (χ3n) is 5.84. The molecule has 2 fully saturated rings. The summed E-state index contributed by atoms with van der Waals surface area (Å²) in [5.74, 6) is 2.47. The Hall–Kier alpha value is -2.61. The van der Waals surface area contributed by atoms with Crippen molar-refractivity contribution in [2.75, 3.05) is 45.9 Å². The van der Waals surface area contributed by atoms with Gasteiger partial charge in [-0.2, -0.15) is 0 Å². The lowest BCUT2D eigenvalue weighted by atomic mass is 10.1. The molecule has 7 nitrogen and oxygen atoms in total. The summed E-state index contributed by atoms with van der Waals surface area (Å²) >= 11 is 6.23. The number of fused-ring (bicyclic) bond motifs is 2. The Morgan fingerprint density at radius 1 is 1.13 bits per heavy atom. The molecule has 1 atom stereocenters. The number of rotatable bonds is 2. The average molecular weight is 441 g/mol. The van der Waals surface area contributed by atoms with Gasteiger partial charge in [0.1, 0.15) is 17.3 Å². The number of benzene rings is 2. The summed E-state index contributed by atoms with van der Waals surface area (Å²) in [7, 11) is 0. The summed E-state index contributed by atoms with van der Waals surface area (Å²) in [5, 5.41) is 4.11. The van der Waals surface area contributed by atoms with Gasteiger partial charge in [-0.1, -0.05) is 23.7 Å². The van der Waals surface area contributed by atoms with Crippen LogP contribution in [0.15, 0.2) is 47.5 Å². The van der Waals surface area contributed by atoms with E-state index in [0.29, 0.717) is 55.7 Å². The van der Waals surface area contributed by atoms with Crippen molar-refractivity contribution in [3.63, 3.8) is 0 Å². The fourth-order valence-electron chi connectivity index (χ4n) is 4.25. The molecule has 1 unspecified atom stereocenters. The number of ether oxygens (including phenoxy) is 2. The molecule has 1 amide bonds. The molecule has 0 aromatic heterocycles. The second-order valence-corrected chi connectivity index (χ2v) is 8.38. The van der Waals surface area contributed by atoms with Gasteiger partial charge in [0.15, 0.2) is 5.75 Å². The lowest BCUT2D eigenvalue weighted by Crippen LogP contribution is -2.54. The highest BCUT2D eigenvalue weighted by Crippen LogP contribution is 2.39. The maximum absolute atomic E-state index is 12.8. The zero-order chi connectivity index (χ0) is 21.2. The second kappa shape index (κ2) is 8.86. The number of amides is 1. The highest BCUT2D eigenvalue weighted by atomic mass is 35.5. The van der Waals surface area contributed by atoms with Gasteiger partial charge in [-0.25, -0.2) is 4.99 Å². The molecule has 1 N–H and O–H groups in total. The quantitative estimate of drug-likeness (QED) is 0.777. The largest absolute Gasteiger partial charge is 0.454 e. The smallest absolute Gasteiger partial charge is 0.224 e. The Bertz CT molecular complexity index is 1010. The van der Waals surface area contributed by atoms with Crippen LogP contribution >= 0.6 is 11.6 Å². The topological polar surface area (TPSA) is 66.4 Å². The van der Waals surface area contributed by atoms with Crippen LogP contribution in [0.4, 0.5) is 5.69 Å². The molecule has 8 heteroatoms. The Kier molecular flexibility index (Phi) is 5.80. The van der Waals surface area contributed by atoms with Crippen molar-refractivity contribution in [2.24, 2.45) is 4.99 Å². The van der Waals surface area contributed by atoms with Gasteiger partial charge in [-0.15, -0.1) is 0 Å². The second-order valence-electron chi connectivity index (χ2n) is 7.94. The maximum atomic E-state index is 12.8. The van der Waals surface area contributed by atoms with Crippen LogP contribution in [-0.2, 0) is 9.53 Å². The zero-order valence-corrected chi connectivity index (χ0v) is 18.0. The molecule has 0 spiro atoms. The molecular weight excluding hydrogens is 416 g/mol. The van der Waals surface area contributed by atoms with Crippen molar-refractivity contribution in [1.29, 1.82) is 0 Å². The van der Waals surface area contributed by atoms with Crippen LogP contribution < -0.4 is 10.1 Å². The minimum Gasteiger partial charge on any atom is -0.454 e. The van der Waals surface area contributed by atoms with E-state index in [9.17, 15) is 4.79 Å². The summed E-state index contributed by atoms with van der Waals surface area (Å²) in [4.78, 5) is 21.9. The fourth-order valence-corrected chi connectivity index (χ4v) is 4.41. The van der Waals surface area contributed by atoms with Crippen LogP contribution in [0.25, 0.3) is 0 Å². The molecule has 3 heterocycles. The van der Waals surface area contributed by atoms with Gasteiger partial charge in [0.05, 0.1) is 18.8 Å². The van der Waals surface area contributed by atoms with E-state index in [0.717, 1.165) is 30.2 Å². The van der Waals surface area contributed by atoms with Crippen molar-refractivity contribution in [1.82, 2.24) is 15.1 Å². The van der Waals surface area contributed by atoms with Crippen LogP contribution in [0.1, 0.15) is 12.0 Å². The van der Waals surface area contributed by atoms with Crippen LogP contribution in [0.5, 0.6) is 11.5 Å². The monoisotopic (exact) mass is 440 g/mol. The van der Waals surface area contributed by atoms with E-state index < -0.39 is 0 Å². The first kappa shape index (κ1) is 20.3. The SMILES string of the molecule is O=C(CC1CN(C2=Nc3cc(Cl)ccc3Oc3ccccc32)CCN1)N1CCOCC1. The fraction of sp³-hybridized carbons (Fsp3) is 0.391. The van der Waals surface area contributed by atoms with E-state index in [-0.39, 0.29) is 11.9 Å². The number of morpholine rings is 1. The van der Waals surface area contributed by atoms with E-state index in [1.54, 1.807) is 0 Å². The molecule has 31 heavy (non-hydrogen) atoms. The van der Waals surface area contributed by atoms with Crippen LogP contribution in [0.2, 0.25) is 5.02 Å². The number of aliphatic imine (C=N–C) groups is 1. The van der Waals surface area contributed by atoms with Gasteiger partial charge in [0.2, 0.25) is 5.91 Å². The molecule has 5 rings (SSSR count). The van der Waals surface area contributed by atoms with Crippen LogP contribution in [0, 0.1) is 0 Å². The molecule has 0 saturated carbocycles. The van der Waals surface area contributed by atoms with Gasteiger partial charge >= 0.3 is 0 Å². The third kappa shape index (κ3) is 4.39. The van der Waals surface area contributed by atoms with Crippen molar-refractivity contribution in [2.45, 2.75) is 12.5 Å². The summed E-state index contributed by atoms with van der Waals surface area (Å²) in [6, 6.07) is 13.5. The molecule has 3 aliphatic rings. The van der Waals surface area contributed by atoms with Crippen LogP contribution in [-0.4, -0.2) is 73.5 Å². The van der Waals surface area contributed by atoms with Gasteiger partial charge < -0.3 is 24.6 Å². The Morgan fingerprint density at radius 3 is 2.84 bits per heavy atom. The number of hydrogen-bond acceptors (Lipinski definition) is 6. The summed E-state index contributed by atoms with van der Waals surface area (Å²) in [6.07, 6.45) is 0.463. The van der Waals surface area contributed by atoms with Crippen molar-refractivity contribution < 1.29 is 14.3 Å². The molecule has 0 bridgehead atoms. The number of hydrogen-bond donors (Lipinski definition) is 1. The minimum absolute atomic E-state index is 0.0574. The lowest BCUT2D eigenvalue weighted by molar-refractivity contribution is -0.135. The highest BCUT2D eigenvalue weighted by Gasteiger charge is 2.29. The van der Waals surface area contributed by atoms with E-state index in [4.69, 9.17) is 26.1 Å². The number of amidine groups is 1. The number of carbonyl (C=O) groups excluding carboxylic acids is 1. The minimum atomic E-state index is 0.0574.